The van der Waals surface area contributed by atoms with Crippen LogP contribution in [-0.2, 0) is 14.3 Å². The maximum atomic E-state index is 12.7. The van der Waals surface area contributed by atoms with Gasteiger partial charge in [0, 0.05) is 29.1 Å². The quantitative estimate of drug-likeness (QED) is 0.427. The molecular weight excluding hydrogens is 386 g/mol. The van der Waals surface area contributed by atoms with E-state index in [0.717, 1.165) is 16.5 Å². The zero-order valence-corrected chi connectivity index (χ0v) is 17.8. The summed E-state index contributed by atoms with van der Waals surface area (Å²) in [5.41, 5.74) is 2.48. The number of esters is 1. The molecule has 158 valence electrons. The lowest BCUT2D eigenvalue weighted by Gasteiger charge is -2.19. The average Bonchev–Trinajstić information content (AvgIpc) is 3.28. The number of aryl methyl sites for hydroxylation is 1. The molecule has 0 saturated carbocycles. The summed E-state index contributed by atoms with van der Waals surface area (Å²) in [7, 11) is 1.28. The van der Waals surface area contributed by atoms with E-state index >= 15 is 0 Å². The van der Waals surface area contributed by atoms with Crippen LogP contribution in [-0.4, -0.2) is 35.1 Å². The minimum absolute atomic E-state index is 0.00150. The van der Waals surface area contributed by atoms with E-state index in [1.165, 1.54) is 17.9 Å². The number of benzene rings is 1. The standard InChI is InChI=1S/C23H25NO6/c1-14-6-7-16-17(12-24(18(16)10-14)22(27)30-23(2,3)4)15-11-20(29-13-15)19(25)8-9-21(26)28-5/h6-7,10-13H,8-9H2,1-5H3. The summed E-state index contributed by atoms with van der Waals surface area (Å²) in [5.74, 6) is -0.594. The number of hydrogen-bond acceptors (Lipinski definition) is 6. The second-order valence-corrected chi connectivity index (χ2v) is 8.11. The third-order valence-corrected chi connectivity index (χ3v) is 4.52. The number of nitrogens with zero attached hydrogens (tertiary/aromatic N) is 1. The average molecular weight is 411 g/mol. The number of ether oxygens (including phenoxy) is 2. The Labute approximate surface area is 174 Å². The summed E-state index contributed by atoms with van der Waals surface area (Å²) in [6.07, 6.45) is 2.66. The first-order chi connectivity index (χ1) is 14.1. The van der Waals surface area contributed by atoms with E-state index in [4.69, 9.17) is 9.15 Å². The first kappa shape index (κ1) is 21.4. The summed E-state index contributed by atoms with van der Waals surface area (Å²) < 4.78 is 17.0. The highest BCUT2D eigenvalue weighted by atomic mass is 16.6. The summed E-state index contributed by atoms with van der Waals surface area (Å²) in [6, 6.07) is 7.40. The van der Waals surface area contributed by atoms with Gasteiger partial charge < -0.3 is 13.9 Å². The number of Topliss-reactive ketones (excluding diaryl/α,β-unsaturated/α-hetero) is 1. The van der Waals surface area contributed by atoms with E-state index in [9.17, 15) is 14.4 Å². The Hall–Kier alpha value is -3.35. The van der Waals surface area contributed by atoms with Gasteiger partial charge in [-0.3, -0.25) is 14.2 Å². The van der Waals surface area contributed by atoms with E-state index in [1.807, 2.05) is 45.9 Å². The normalized spacial score (nSPS) is 11.5. The molecule has 30 heavy (non-hydrogen) atoms. The molecule has 0 aliphatic carbocycles. The van der Waals surface area contributed by atoms with E-state index < -0.39 is 17.7 Å². The first-order valence-corrected chi connectivity index (χ1v) is 9.63. The van der Waals surface area contributed by atoms with E-state index in [-0.39, 0.29) is 24.4 Å². The Morgan fingerprint density at radius 2 is 1.83 bits per heavy atom. The molecule has 7 nitrogen and oxygen atoms in total. The highest BCUT2D eigenvalue weighted by Crippen LogP contribution is 2.33. The number of carbonyl (C=O) groups is 3. The molecule has 2 heterocycles. The van der Waals surface area contributed by atoms with Crippen LogP contribution in [0, 0.1) is 6.92 Å². The smallest absolute Gasteiger partial charge is 0.419 e. The third-order valence-electron chi connectivity index (χ3n) is 4.52. The van der Waals surface area contributed by atoms with Gasteiger partial charge in [0.2, 0.25) is 0 Å². The Bertz CT molecular complexity index is 1110. The van der Waals surface area contributed by atoms with Crippen molar-refractivity contribution >= 4 is 28.7 Å². The maximum Gasteiger partial charge on any atom is 0.419 e. The number of hydrogen-bond donors (Lipinski definition) is 0. The van der Waals surface area contributed by atoms with Crippen molar-refractivity contribution in [1.29, 1.82) is 0 Å². The first-order valence-electron chi connectivity index (χ1n) is 9.63. The van der Waals surface area contributed by atoms with Crippen LogP contribution in [0.2, 0.25) is 0 Å². The summed E-state index contributed by atoms with van der Waals surface area (Å²) in [5, 5.41) is 0.834. The van der Waals surface area contributed by atoms with Crippen molar-refractivity contribution in [3.05, 3.63) is 48.0 Å². The molecule has 3 aromatic rings. The predicted molar refractivity (Wildman–Crippen MR) is 112 cm³/mol. The molecule has 0 amide bonds. The van der Waals surface area contributed by atoms with Crippen molar-refractivity contribution in [2.24, 2.45) is 0 Å². The maximum absolute atomic E-state index is 12.7. The molecule has 0 fully saturated rings. The molecule has 0 bridgehead atoms. The van der Waals surface area contributed by atoms with Crippen molar-refractivity contribution < 1.29 is 28.3 Å². The van der Waals surface area contributed by atoms with Crippen molar-refractivity contribution in [2.45, 2.75) is 46.1 Å². The third kappa shape index (κ3) is 4.62. The molecule has 0 spiro atoms. The molecule has 0 radical (unpaired) electrons. The van der Waals surface area contributed by atoms with Crippen LogP contribution in [0.1, 0.15) is 49.7 Å². The number of ketones is 1. The molecule has 0 unspecified atom stereocenters. The number of rotatable bonds is 5. The van der Waals surface area contributed by atoms with Crippen LogP contribution in [0.25, 0.3) is 22.0 Å². The second kappa shape index (κ2) is 8.18. The molecule has 0 N–H and O–H groups in total. The van der Waals surface area contributed by atoms with Crippen LogP contribution in [0.3, 0.4) is 0 Å². The van der Waals surface area contributed by atoms with Crippen LogP contribution >= 0.6 is 0 Å². The van der Waals surface area contributed by atoms with Gasteiger partial charge in [-0.25, -0.2) is 4.79 Å². The van der Waals surface area contributed by atoms with Gasteiger partial charge in [0.15, 0.2) is 11.5 Å². The van der Waals surface area contributed by atoms with Gasteiger partial charge in [-0.1, -0.05) is 12.1 Å². The zero-order chi connectivity index (χ0) is 22.1. The van der Waals surface area contributed by atoms with Crippen molar-refractivity contribution in [2.75, 3.05) is 7.11 Å². The molecule has 0 aliphatic rings. The van der Waals surface area contributed by atoms with Crippen LogP contribution in [0.15, 0.2) is 41.1 Å². The fourth-order valence-corrected chi connectivity index (χ4v) is 3.09. The number of methoxy groups -OCH3 is 1. The van der Waals surface area contributed by atoms with Crippen LogP contribution in [0.5, 0.6) is 0 Å². The summed E-state index contributed by atoms with van der Waals surface area (Å²) in [4.78, 5) is 36.3. The van der Waals surface area contributed by atoms with Crippen molar-refractivity contribution in [1.82, 2.24) is 4.57 Å². The summed E-state index contributed by atoms with van der Waals surface area (Å²) >= 11 is 0. The van der Waals surface area contributed by atoms with E-state index in [2.05, 4.69) is 4.74 Å². The lowest BCUT2D eigenvalue weighted by atomic mass is 10.1. The number of carbonyl (C=O) groups excluding carboxylic acids is 3. The van der Waals surface area contributed by atoms with E-state index in [1.54, 1.807) is 12.3 Å². The Morgan fingerprint density at radius 3 is 2.50 bits per heavy atom. The van der Waals surface area contributed by atoms with Gasteiger partial charge in [-0.05, 0) is 45.4 Å². The fourth-order valence-electron chi connectivity index (χ4n) is 3.09. The zero-order valence-electron chi connectivity index (χ0n) is 17.8. The largest absolute Gasteiger partial charge is 0.469 e. The highest BCUT2D eigenvalue weighted by Gasteiger charge is 2.22. The van der Waals surface area contributed by atoms with Gasteiger partial charge >= 0.3 is 12.1 Å². The Morgan fingerprint density at radius 1 is 1.10 bits per heavy atom. The lowest BCUT2D eigenvalue weighted by Crippen LogP contribution is -2.26. The predicted octanol–water partition coefficient (Wildman–Crippen LogP) is 5.13. The van der Waals surface area contributed by atoms with Gasteiger partial charge in [0.25, 0.3) is 0 Å². The SMILES string of the molecule is COC(=O)CCC(=O)c1cc(-c2cn(C(=O)OC(C)(C)C)c3cc(C)ccc23)co1. The lowest BCUT2D eigenvalue weighted by molar-refractivity contribution is -0.140. The second-order valence-electron chi connectivity index (χ2n) is 8.11. The Kier molecular flexibility index (Phi) is 5.82. The molecular formula is C23H25NO6. The number of fused-ring (bicyclic) bond motifs is 1. The monoisotopic (exact) mass is 411 g/mol. The highest BCUT2D eigenvalue weighted by molar-refractivity contribution is 6.02. The molecule has 7 heteroatoms. The molecule has 1 aromatic carbocycles. The van der Waals surface area contributed by atoms with Crippen molar-refractivity contribution in [3.8, 4) is 11.1 Å². The fraction of sp³-hybridized carbons (Fsp3) is 0.348. The van der Waals surface area contributed by atoms with E-state index in [0.29, 0.717) is 11.1 Å². The van der Waals surface area contributed by atoms with Crippen LogP contribution in [0.4, 0.5) is 4.79 Å². The van der Waals surface area contributed by atoms with Gasteiger partial charge in [0.1, 0.15) is 5.60 Å². The van der Waals surface area contributed by atoms with Crippen molar-refractivity contribution in [3.63, 3.8) is 0 Å². The van der Waals surface area contributed by atoms with Crippen LogP contribution < -0.4 is 0 Å². The minimum Gasteiger partial charge on any atom is -0.469 e. The topological polar surface area (TPSA) is 87.7 Å². The molecule has 0 aliphatic heterocycles. The molecule has 2 aromatic heterocycles. The number of aromatic nitrogens is 1. The van der Waals surface area contributed by atoms with Gasteiger partial charge in [0.05, 0.1) is 25.3 Å². The van der Waals surface area contributed by atoms with Gasteiger partial charge in [-0.15, -0.1) is 0 Å². The molecule has 0 saturated heterocycles. The summed E-state index contributed by atoms with van der Waals surface area (Å²) in [6.45, 7) is 7.38. The Balaban J connectivity index is 1.97. The molecule has 3 rings (SSSR count). The number of furan rings is 1. The van der Waals surface area contributed by atoms with Gasteiger partial charge in [-0.2, -0.15) is 0 Å². The minimum atomic E-state index is -0.632. The molecule has 0 atom stereocenters.